The Hall–Kier alpha value is 0.761. The maximum atomic E-state index is 8.87. The van der Waals surface area contributed by atoms with Crippen LogP contribution in [0.2, 0.25) is 0 Å². The molecular formula is CH4ClOSiV. The van der Waals surface area contributed by atoms with Crippen LogP contribution in [0.3, 0.4) is 0 Å². The van der Waals surface area contributed by atoms with Gasteiger partial charge in [0.1, 0.15) is 0 Å². The van der Waals surface area contributed by atoms with E-state index in [0.717, 1.165) is 5.91 Å². The second-order valence-corrected chi connectivity index (χ2v) is 0.707. The van der Waals surface area contributed by atoms with Crippen LogP contribution in [0.15, 0.2) is 0 Å². The van der Waals surface area contributed by atoms with Crippen molar-refractivity contribution in [3.05, 3.63) is 0 Å². The van der Waals surface area contributed by atoms with E-state index in [9.17, 15) is 0 Å². The van der Waals surface area contributed by atoms with Gasteiger partial charge in [-0.25, -0.2) is 0 Å². The normalized spacial score (nSPS) is 4.20. The van der Waals surface area contributed by atoms with Crippen molar-refractivity contribution in [2.45, 2.75) is 0 Å². The zero-order valence-corrected chi connectivity index (χ0v) is 6.96. The summed E-state index contributed by atoms with van der Waals surface area (Å²) in [4.78, 5) is 8.87. The van der Waals surface area contributed by atoms with Gasteiger partial charge in [0.15, 0.2) is 0 Å². The van der Waals surface area contributed by atoms with Crippen molar-refractivity contribution in [1.82, 2.24) is 0 Å². The van der Waals surface area contributed by atoms with E-state index in [1.165, 1.54) is 0 Å². The molecule has 0 atom stereocenters. The van der Waals surface area contributed by atoms with Gasteiger partial charge in [-0.2, -0.15) is 0 Å². The van der Waals surface area contributed by atoms with E-state index in [4.69, 9.17) is 4.79 Å². The first-order chi connectivity index (χ1) is 2.41. The zero-order chi connectivity index (χ0) is 4.71. The third-order valence-electron chi connectivity index (χ3n) is 0. The average molecular weight is 147 g/mol. The van der Waals surface area contributed by atoms with Gasteiger partial charge < -0.3 is 4.79 Å². The number of hydrogen-bond donors (Lipinski definition) is 0. The SMILES string of the molecule is O=C[SiH3].[Cl][V]. The fraction of sp³-hybridized carbons (Fsp3) is 0. The molecular weight excluding hydrogens is 142 g/mol. The van der Waals surface area contributed by atoms with Crippen LogP contribution in [0.4, 0.5) is 0 Å². The van der Waals surface area contributed by atoms with Gasteiger partial charge in [0, 0.05) is 0 Å². The molecule has 0 radical (unpaired) electrons. The van der Waals surface area contributed by atoms with Gasteiger partial charge >= 0.3 is 26.3 Å². The summed E-state index contributed by atoms with van der Waals surface area (Å²) in [5.74, 6) is 0.889. The first-order valence-corrected chi connectivity index (χ1v) is 4.06. The van der Waals surface area contributed by atoms with E-state index in [-0.39, 0.29) is 0 Å². The maximum absolute atomic E-state index is 8.87. The zero-order valence-electron chi connectivity index (χ0n) is 2.81. The van der Waals surface area contributed by atoms with Crippen molar-refractivity contribution in [3.8, 4) is 0 Å². The van der Waals surface area contributed by atoms with Crippen molar-refractivity contribution < 1.29 is 21.3 Å². The molecule has 1 nitrogen and oxygen atoms in total. The van der Waals surface area contributed by atoms with Crippen molar-refractivity contribution >= 4 is 26.0 Å². The number of carbonyl (C=O) groups is 1. The summed E-state index contributed by atoms with van der Waals surface area (Å²) in [5, 5.41) is 0. The summed E-state index contributed by atoms with van der Waals surface area (Å²) >= 11 is 1.78. The van der Waals surface area contributed by atoms with Gasteiger partial charge in [-0.05, 0) is 0 Å². The van der Waals surface area contributed by atoms with Crippen LogP contribution in [-0.4, -0.2) is 16.2 Å². The van der Waals surface area contributed by atoms with E-state index in [2.05, 4.69) is 9.85 Å². The summed E-state index contributed by atoms with van der Waals surface area (Å²) in [6, 6.07) is 0. The molecule has 30 valence electrons. The standard InChI is InChI=1S/CH4OSi.ClH.V/c2-1-3;;/h1H,3H3;1H;/q;;+1/p-1. The van der Waals surface area contributed by atoms with Crippen LogP contribution < -0.4 is 0 Å². The van der Waals surface area contributed by atoms with E-state index >= 15 is 0 Å². The average Bonchev–Trinajstić information content (AvgIpc) is 1.46. The second kappa shape index (κ2) is 21.7. The fourth-order valence-corrected chi connectivity index (χ4v) is 0. The van der Waals surface area contributed by atoms with Crippen LogP contribution in [0.1, 0.15) is 0 Å². The molecule has 0 rings (SSSR count). The van der Waals surface area contributed by atoms with Crippen LogP contribution in [0.5, 0.6) is 0 Å². The van der Waals surface area contributed by atoms with Gasteiger partial charge in [-0.15, -0.1) is 0 Å². The molecule has 5 heavy (non-hydrogen) atoms. The third-order valence-corrected chi connectivity index (χ3v) is 0. The first kappa shape index (κ1) is 9.23. The molecule has 0 unspecified atom stereocenters. The molecule has 0 aromatic carbocycles. The Balaban J connectivity index is 0. The molecule has 4 heteroatoms. The Bertz CT molecular complexity index is 19.1. The monoisotopic (exact) mass is 146 g/mol. The fourth-order valence-electron chi connectivity index (χ4n) is 0. The van der Waals surface area contributed by atoms with E-state index in [0.29, 0.717) is 10.2 Å². The van der Waals surface area contributed by atoms with Crippen LogP contribution in [0, 0.1) is 0 Å². The molecule has 0 saturated carbocycles. The van der Waals surface area contributed by atoms with Crippen molar-refractivity contribution in [2.75, 3.05) is 0 Å². The predicted molar refractivity (Wildman–Crippen MR) is 22.5 cm³/mol. The van der Waals surface area contributed by atoms with Gasteiger partial charge in [0.2, 0.25) is 0 Å². The molecule has 0 bridgehead atoms. The van der Waals surface area contributed by atoms with Crippen molar-refractivity contribution in [3.63, 3.8) is 0 Å². The summed E-state index contributed by atoms with van der Waals surface area (Å²) in [6.07, 6.45) is 0. The van der Waals surface area contributed by atoms with Crippen molar-refractivity contribution in [1.29, 1.82) is 0 Å². The predicted octanol–water partition coefficient (Wildman–Crippen LogP) is -0.771. The van der Waals surface area contributed by atoms with Gasteiger partial charge in [-0.1, -0.05) is 0 Å². The van der Waals surface area contributed by atoms with E-state index < -0.39 is 0 Å². The summed E-state index contributed by atoms with van der Waals surface area (Å²) in [5.41, 5.74) is 0. The Labute approximate surface area is 47.6 Å². The van der Waals surface area contributed by atoms with Crippen molar-refractivity contribution in [2.24, 2.45) is 0 Å². The first-order valence-electron chi connectivity index (χ1n) is 0.982. The van der Waals surface area contributed by atoms with Crippen LogP contribution in [0.25, 0.3) is 0 Å². The third kappa shape index (κ3) is 62.6. The summed E-state index contributed by atoms with van der Waals surface area (Å²) in [7, 11) is 5.26. The van der Waals surface area contributed by atoms with Crippen LogP contribution >= 0.6 is 9.85 Å². The van der Waals surface area contributed by atoms with E-state index in [1.54, 1.807) is 16.5 Å². The minimum atomic E-state index is 0.688. The summed E-state index contributed by atoms with van der Waals surface area (Å²) in [6.45, 7) is 0. The van der Waals surface area contributed by atoms with Gasteiger partial charge in [-0.3, -0.25) is 0 Å². The number of rotatable bonds is 0. The van der Waals surface area contributed by atoms with Gasteiger partial charge in [0.05, 0.1) is 16.2 Å². The van der Waals surface area contributed by atoms with E-state index in [1.807, 2.05) is 0 Å². The molecule has 0 aliphatic heterocycles. The minimum absolute atomic E-state index is 0.688. The number of hydrogen-bond acceptors (Lipinski definition) is 1. The number of halogens is 1. The molecule has 0 N–H and O–H groups in total. The Morgan fingerprint density at radius 3 is 1.80 bits per heavy atom. The molecule has 0 amide bonds. The Morgan fingerprint density at radius 2 is 1.80 bits per heavy atom. The quantitative estimate of drug-likeness (QED) is 0.324. The molecule has 0 fully saturated rings. The molecule has 0 spiro atoms. The molecule has 0 heterocycles. The molecule has 0 saturated heterocycles. The molecule has 0 aliphatic rings. The molecule has 0 aromatic rings. The van der Waals surface area contributed by atoms with Gasteiger partial charge in [0.25, 0.3) is 0 Å². The second-order valence-electron chi connectivity index (χ2n) is 0.236. The molecule has 0 aromatic heterocycles. The van der Waals surface area contributed by atoms with Crippen LogP contribution in [-0.2, 0) is 21.3 Å². The summed E-state index contributed by atoms with van der Waals surface area (Å²) < 4.78 is 0. The topological polar surface area (TPSA) is 17.1 Å². The molecule has 0 aliphatic carbocycles. The Kier molecular flexibility index (Phi) is 40.1. The Morgan fingerprint density at radius 1 is 1.80 bits per heavy atom. The number of carbonyl (C=O) groups excluding carboxylic acids is 1.